The highest BCUT2D eigenvalue weighted by Gasteiger charge is 2.22. The summed E-state index contributed by atoms with van der Waals surface area (Å²) >= 11 is 3.33. The van der Waals surface area contributed by atoms with Crippen molar-refractivity contribution in [2.24, 2.45) is 0 Å². The molecule has 1 aliphatic heterocycles. The van der Waals surface area contributed by atoms with Crippen LogP contribution in [0.25, 0.3) is 33.4 Å². The number of carbonyl (C=O) groups is 1. The number of benzene rings is 2. The van der Waals surface area contributed by atoms with Gasteiger partial charge in [0.15, 0.2) is 17.1 Å². The number of carbonyl (C=O) groups excluding carboxylic acids is 1. The molecule has 0 spiro atoms. The van der Waals surface area contributed by atoms with Gasteiger partial charge in [-0.1, -0.05) is 34.1 Å². The molecule has 2 N–H and O–H groups in total. The smallest absolute Gasteiger partial charge is 0.225 e. The molecule has 4 heterocycles. The van der Waals surface area contributed by atoms with E-state index in [1.54, 1.807) is 0 Å². The van der Waals surface area contributed by atoms with Gasteiger partial charge < -0.3 is 19.8 Å². The van der Waals surface area contributed by atoms with Crippen LogP contribution in [0.2, 0.25) is 0 Å². The Kier molecular flexibility index (Phi) is 7.01. The second kappa shape index (κ2) is 10.7. The van der Waals surface area contributed by atoms with Gasteiger partial charge in [0.25, 0.3) is 0 Å². The number of ether oxygens (including phenoxy) is 1. The molecule has 3 aromatic heterocycles. The predicted molar refractivity (Wildman–Crippen MR) is 151 cm³/mol. The van der Waals surface area contributed by atoms with E-state index in [0.717, 1.165) is 34.0 Å². The molecule has 0 fully saturated rings. The summed E-state index contributed by atoms with van der Waals surface area (Å²) in [6, 6.07) is 12.2. The molecule has 0 unspecified atom stereocenters. The van der Waals surface area contributed by atoms with E-state index >= 15 is 0 Å². The van der Waals surface area contributed by atoms with Crippen LogP contribution < -0.4 is 5.73 Å². The maximum Gasteiger partial charge on any atom is 0.225 e. The van der Waals surface area contributed by atoms with Gasteiger partial charge in [-0.25, -0.2) is 19.6 Å². The second-order valence-corrected chi connectivity index (χ2v) is 10.4. The number of oxazole rings is 1. The number of rotatable bonds is 8. The van der Waals surface area contributed by atoms with E-state index in [1.165, 1.54) is 17.5 Å². The van der Waals surface area contributed by atoms with Gasteiger partial charge in [-0.3, -0.25) is 4.79 Å². The first-order chi connectivity index (χ1) is 19.0. The molecule has 2 aromatic carbocycles. The zero-order valence-electron chi connectivity index (χ0n) is 21.6. The number of fused-ring (bicyclic) bond motifs is 3. The summed E-state index contributed by atoms with van der Waals surface area (Å²) in [7, 11) is 0. The lowest BCUT2D eigenvalue weighted by molar-refractivity contribution is -0.133. The monoisotopic (exact) mass is 589 g/mol. The number of hydrogen-bond donors (Lipinski definition) is 1. The minimum Gasteiger partial charge on any atom is -0.441 e. The summed E-state index contributed by atoms with van der Waals surface area (Å²) in [5, 5.41) is 6.41. The zero-order chi connectivity index (χ0) is 26.9. The molecule has 5 aromatic rings. The standard InChI is InChI=1S/C28H28BrN7O3/c1-17-33-22-13-20(4-5-23(22)39-17)26-25-27(30)31-16-32-28(25)36(34-26)14-18-2-3-21-15-35(9-6-19(21)12-18)24(37)7-10-38-11-8-29/h2-5,12-13,16H,6-11,14-15H2,1H3,(H2,30,31,32). The molecule has 0 aliphatic carbocycles. The van der Waals surface area contributed by atoms with Crippen molar-refractivity contribution in [3.8, 4) is 11.3 Å². The van der Waals surface area contributed by atoms with Crippen LogP contribution in [-0.4, -0.2) is 60.6 Å². The molecule has 11 heteroatoms. The second-order valence-electron chi connectivity index (χ2n) is 9.60. The summed E-state index contributed by atoms with van der Waals surface area (Å²) in [4.78, 5) is 27.7. The van der Waals surface area contributed by atoms with Gasteiger partial charge in [0.05, 0.1) is 31.6 Å². The third-order valence-corrected chi connectivity index (χ3v) is 7.30. The first-order valence-corrected chi connectivity index (χ1v) is 14.0. The first kappa shape index (κ1) is 25.4. The lowest BCUT2D eigenvalue weighted by Crippen LogP contribution is -2.36. The highest BCUT2D eigenvalue weighted by atomic mass is 79.9. The van der Waals surface area contributed by atoms with E-state index in [2.05, 4.69) is 49.1 Å². The Morgan fingerprint density at radius 2 is 2.05 bits per heavy atom. The Balaban J connectivity index is 1.25. The molecular formula is C28H28BrN7O3. The third kappa shape index (κ3) is 5.11. The van der Waals surface area contributed by atoms with Crippen molar-refractivity contribution >= 4 is 49.8 Å². The number of hydrogen-bond acceptors (Lipinski definition) is 8. The van der Waals surface area contributed by atoms with Crippen molar-refractivity contribution in [3.05, 3.63) is 65.3 Å². The highest BCUT2D eigenvalue weighted by Crippen LogP contribution is 2.32. The molecule has 0 atom stereocenters. The van der Waals surface area contributed by atoms with E-state index in [-0.39, 0.29) is 5.91 Å². The SMILES string of the molecule is Cc1nc2cc(-c3nn(Cc4ccc5c(c4)CCN(C(=O)CCOCCBr)C5)c4ncnc(N)c34)ccc2o1. The van der Waals surface area contributed by atoms with Crippen LogP contribution in [-0.2, 0) is 29.0 Å². The topological polar surface area (TPSA) is 125 Å². The van der Waals surface area contributed by atoms with Crippen molar-refractivity contribution in [2.75, 3.05) is 30.8 Å². The van der Waals surface area contributed by atoms with Crippen LogP contribution in [0.3, 0.4) is 0 Å². The summed E-state index contributed by atoms with van der Waals surface area (Å²) in [5.41, 5.74) is 13.6. The van der Waals surface area contributed by atoms with Gasteiger partial charge in [0, 0.05) is 30.9 Å². The average Bonchev–Trinajstić information content (AvgIpc) is 3.50. The van der Waals surface area contributed by atoms with Gasteiger partial charge >= 0.3 is 0 Å². The van der Waals surface area contributed by atoms with Gasteiger partial charge in [-0.2, -0.15) is 5.10 Å². The fourth-order valence-corrected chi connectivity index (χ4v) is 5.33. The third-order valence-electron chi connectivity index (χ3n) is 6.98. The molecule has 10 nitrogen and oxygen atoms in total. The number of alkyl halides is 1. The minimum absolute atomic E-state index is 0.131. The number of nitrogen functional groups attached to an aromatic ring is 1. The normalized spacial score (nSPS) is 13.3. The quantitative estimate of drug-likeness (QED) is 0.210. The van der Waals surface area contributed by atoms with E-state index < -0.39 is 0 Å². The zero-order valence-corrected chi connectivity index (χ0v) is 23.1. The van der Waals surface area contributed by atoms with Crippen molar-refractivity contribution in [1.82, 2.24) is 29.6 Å². The Hall–Kier alpha value is -3.83. The van der Waals surface area contributed by atoms with E-state index in [0.29, 0.717) is 67.7 Å². The largest absolute Gasteiger partial charge is 0.441 e. The van der Waals surface area contributed by atoms with E-state index in [1.807, 2.05) is 34.7 Å². The maximum absolute atomic E-state index is 12.6. The Labute approximate surface area is 233 Å². The van der Waals surface area contributed by atoms with Crippen molar-refractivity contribution < 1.29 is 13.9 Å². The van der Waals surface area contributed by atoms with E-state index in [9.17, 15) is 4.79 Å². The van der Waals surface area contributed by atoms with Crippen molar-refractivity contribution in [1.29, 1.82) is 0 Å². The van der Waals surface area contributed by atoms with Crippen molar-refractivity contribution in [3.63, 3.8) is 0 Å². The van der Waals surface area contributed by atoms with Crippen LogP contribution >= 0.6 is 15.9 Å². The number of halogens is 1. The van der Waals surface area contributed by atoms with Crippen LogP contribution in [0.5, 0.6) is 0 Å². The molecule has 0 saturated carbocycles. The maximum atomic E-state index is 12.6. The average molecular weight is 590 g/mol. The summed E-state index contributed by atoms with van der Waals surface area (Å²) in [5.74, 6) is 1.12. The Bertz CT molecular complexity index is 1680. The first-order valence-electron chi connectivity index (χ1n) is 12.9. The van der Waals surface area contributed by atoms with Crippen LogP contribution in [0.4, 0.5) is 5.82 Å². The number of anilines is 1. The molecule has 0 saturated heterocycles. The molecule has 1 aliphatic rings. The fraction of sp³-hybridized carbons (Fsp3) is 0.321. The lowest BCUT2D eigenvalue weighted by atomic mass is 9.97. The Morgan fingerprint density at radius 1 is 1.15 bits per heavy atom. The van der Waals surface area contributed by atoms with Crippen molar-refractivity contribution in [2.45, 2.75) is 32.9 Å². The summed E-state index contributed by atoms with van der Waals surface area (Å²) < 4.78 is 12.9. The van der Waals surface area contributed by atoms with Crippen LogP contribution in [0.1, 0.15) is 29.0 Å². The Morgan fingerprint density at radius 3 is 2.92 bits per heavy atom. The molecule has 1 amide bonds. The van der Waals surface area contributed by atoms with E-state index in [4.69, 9.17) is 20.0 Å². The van der Waals surface area contributed by atoms with Gasteiger partial charge in [-0.15, -0.1) is 0 Å². The van der Waals surface area contributed by atoms with Gasteiger partial charge in [-0.05, 0) is 41.3 Å². The molecule has 0 bridgehead atoms. The minimum atomic E-state index is 0.131. The lowest BCUT2D eigenvalue weighted by Gasteiger charge is -2.29. The highest BCUT2D eigenvalue weighted by molar-refractivity contribution is 9.09. The summed E-state index contributed by atoms with van der Waals surface area (Å²) in [6.45, 7) is 4.74. The van der Waals surface area contributed by atoms with Crippen LogP contribution in [0, 0.1) is 6.92 Å². The summed E-state index contributed by atoms with van der Waals surface area (Å²) in [6.07, 6.45) is 2.69. The number of nitrogens with two attached hydrogens (primary N) is 1. The van der Waals surface area contributed by atoms with Gasteiger partial charge in [0.2, 0.25) is 5.91 Å². The number of aromatic nitrogens is 5. The molecule has 0 radical (unpaired) electrons. The predicted octanol–water partition coefficient (Wildman–Crippen LogP) is 4.26. The van der Waals surface area contributed by atoms with Gasteiger partial charge in [0.1, 0.15) is 23.4 Å². The number of aryl methyl sites for hydroxylation is 1. The number of amides is 1. The molecule has 6 rings (SSSR count). The molecule has 200 valence electrons. The fourth-order valence-electron chi connectivity index (χ4n) is 5.10. The molecular weight excluding hydrogens is 562 g/mol. The molecule has 39 heavy (non-hydrogen) atoms. The van der Waals surface area contributed by atoms with Crippen LogP contribution in [0.15, 0.2) is 47.1 Å². The number of nitrogens with zero attached hydrogens (tertiary/aromatic N) is 6.